The van der Waals surface area contributed by atoms with Crippen molar-refractivity contribution in [1.82, 2.24) is 4.98 Å². The summed E-state index contributed by atoms with van der Waals surface area (Å²) in [5, 5.41) is 13.3. The second-order valence-electron chi connectivity index (χ2n) is 4.92. The van der Waals surface area contributed by atoms with E-state index in [0.717, 1.165) is 16.8 Å². The minimum absolute atomic E-state index is 0.264. The van der Waals surface area contributed by atoms with Gasteiger partial charge in [0.25, 0.3) is 4.84 Å². The van der Waals surface area contributed by atoms with Crippen LogP contribution in [-0.4, -0.2) is 16.6 Å². The third kappa shape index (κ3) is 3.44. The van der Waals surface area contributed by atoms with Gasteiger partial charge in [-0.2, -0.15) is 0 Å². The van der Waals surface area contributed by atoms with Gasteiger partial charge in [-0.3, -0.25) is 0 Å². The van der Waals surface area contributed by atoms with E-state index in [9.17, 15) is 5.11 Å². The average Bonchev–Trinajstić information content (AvgIpc) is 3.00. The van der Waals surface area contributed by atoms with E-state index in [0.29, 0.717) is 12.3 Å². The molecule has 1 unspecified atom stereocenters. The van der Waals surface area contributed by atoms with Crippen LogP contribution in [0, 0.1) is 4.84 Å². The molecule has 0 amide bonds. The maximum Gasteiger partial charge on any atom is 0.266 e. The number of benzene rings is 2. The number of aromatic nitrogens is 1. The molecule has 0 bridgehead atoms. The van der Waals surface area contributed by atoms with Gasteiger partial charge < -0.3 is 19.8 Å². The van der Waals surface area contributed by atoms with Crippen molar-refractivity contribution in [2.75, 3.05) is 11.9 Å². The normalized spacial score (nSPS) is 12.0. The summed E-state index contributed by atoms with van der Waals surface area (Å²) in [6.07, 6.45) is 0.822. The molecule has 0 aliphatic carbocycles. The summed E-state index contributed by atoms with van der Waals surface area (Å²) in [6.45, 7) is 0.342. The van der Waals surface area contributed by atoms with Crippen LogP contribution in [0.5, 0.6) is 0 Å². The highest BCUT2D eigenvalue weighted by atomic mass is 32.1. The van der Waals surface area contributed by atoms with Crippen molar-refractivity contribution in [3.63, 3.8) is 0 Å². The van der Waals surface area contributed by atoms with Gasteiger partial charge in [-0.15, -0.1) is 0 Å². The molecule has 3 N–H and O–H groups in total. The van der Waals surface area contributed by atoms with Crippen LogP contribution >= 0.6 is 12.2 Å². The van der Waals surface area contributed by atoms with E-state index in [1.807, 2.05) is 30.3 Å². The summed E-state index contributed by atoms with van der Waals surface area (Å²) in [7, 11) is 0. The number of hydrogen-bond donors (Lipinski definition) is 3. The Bertz CT molecular complexity index is 795. The van der Waals surface area contributed by atoms with Crippen LogP contribution in [0.2, 0.25) is 0 Å². The predicted octanol–water partition coefficient (Wildman–Crippen LogP) is 4.15. The van der Waals surface area contributed by atoms with Gasteiger partial charge in [0.2, 0.25) is 0 Å². The Kier molecular flexibility index (Phi) is 4.37. The topological polar surface area (TPSA) is 61.2 Å². The summed E-state index contributed by atoms with van der Waals surface area (Å²) >= 11 is 4.85. The first kappa shape index (κ1) is 14.6. The molecule has 0 saturated carbocycles. The molecule has 1 atom stereocenters. The number of anilines is 1. The number of aromatic amines is 1. The van der Waals surface area contributed by atoms with E-state index in [-0.39, 0.29) is 4.84 Å². The molecule has 0 aliphatic heterocycles. The summed E-state index contributed by atoms with van der Waals surface area (Å²) < 4.78 is 5.20. The largest absolute Gasteiger partial charge is 0.432 e. The third-order valence-corrected chi connectivity index (χ3v) is 3.54. The summed E-state index contributed by atoms with van der Waals surface area (Å²) in [4.78, 5) is 3.00. The van der Waals surface area contributed by atoms with E-state index in [4.69, 9.17) is 16.6 Å². The van der Waals surface area contributed by atoms with Gasteiger partial charge >= 0.3 is 0 Å². The number of nitrogens with one attached hydrogen (secondary N) is 2. The number of H-pyrrole nitrogens is 1. The average molecular weight is 312 g/mol. The van der Waals surface area contributed by atoms with Gasteiger partial charge in [-0.25, -0.2) is 0 Å². The molecular formula is C17H16N2O2S. The molecule has 4 nitrogen and oxygen atoms in total. The molecule has 0 saturated heterocycles. The maximum absolute atomic E-state index is 10.1. The molecule has 0 aliphatic rings. The van der Waals surface area contributed by atoms with Crippen molar-refractivity contribution in [3.05, 3.63) is 71.4 Å². The van der Waals surface area contributed by atoms with Crippen molar-refractivity contribution in [2.24, 2.45) is 0 Å². The first-order valence-electron chi connectivity index (χ1n) is 6.98. The maximum atomic E-state index is 10.1. The third-order valence-electron chi connectivity index (χ3n) is 3.34. The zero-order valence-corrected chi connectivity index (χ0v) is 12.6. The highest BCUT2D eigenvalue weighted by molar-refractivity contribution is 7.71. The Morgan fingerprint density at radius 2 is 1.86 bits per heavy atom. The summed E-state index contributed by atoms with van der Waals surface area (Å²) in [6, 6.07) is 18.2. The minimum Gasteiger partial charge on any atom is -0.432 e. The van der Waals surface area contributed by atoms with Crippen molar-refractivity contribution in [3.8, 4) is 11.1 Å². The lowest BCUT2D eigenvalue weighted by Gasteiger charge is -2.11. The molecule has 1 heterocycles. The van der Waals surface area contributed by atoms with Gasteiger partial charge in [0, 0.05) is 18.4 Å². The Labute approximate surface area is 133 Å². The summed E-state index contributed by atoms with van der Waals surface area (Å²) in [5.74, 6) is 0.428. The van der Waals surface area contributed by atoms with Gasteiger partial charge in [0.15, 0.2) is 5.76 Å². The Morgan fingerprint density at radius 3 is 2.59 bits per heavy atom. The predicted molar refractivity (Wildman–Crippen MR) is 89.2 cm³/mol. The Morgan fingerprint density at radius 1 is 1.09 bits per heavy atom. The standard InChI is InChI=1S/C17H16N2O2S/c20-15(16-11-19-17(22)21-16)10-18-14-8-4-7-13(9-14)12-5-2-1-3-6-12/h1-9,11,15,18,20H,10H2,(H,19,22). The highest BCUT2D eigenvalue weighted by Crippen LogP contribution is 2.23. The second-order valence-corrected chi connectivity index (χ2v) is 5.29. The fourth-order valence-corrected chi connectivity index (χ4v) is 2.37. The molecule has 3 rings (SSSR count). The lowest BCUT2D eigenvalue weighted by atomic mass is 10.1. The zero-order valence-electron chi connectivity index (χ0n) is 11.8. The Balaban J connectivity index is 1.69. The molecule has 3 aromatic rings. The molecular weight excluding hydrogens is 296 g/mol. The SMILES string of the molecule is OC(CNc1cccc(-c2ccccc2)c1)c1c[nH]c(=S)o1. The quantitative estimate of drug-likeness (QED) is 0.619. The van der Waals surface area contributed by atoms with Crippen LogP contribution < -0.4 is 5.32 Å². The molecule has 112 valence electrons. The molecule has 0 fully saturated rings. The number of rotatable bonds is 5. The Hall–Kier alpha value is -2.37. The monoisotopic (exact) mass is 312 g/mol. The van der Waals surface area contributed by atoms with Gasteiger partial charge in [0.05, 0.1) is 0 Å². The molecule has 0 spiro atoms. The number of hydrogen-bond acceptors (Lipinski definition) is 4. The first-order valence-corrected chi connectivity index (χ1v) is 7.39. The first-order chi connectivity index (χ1) is 10.7. The van der Waals surface area contributed by atoms with Crippen LogP contribution in [0.3, 0.4) is 0 Å². The number of oxazole rings is 1. The van der Waals surface area contributed by atoms with Crippen LogP contribution in [0.25, 0.3) is 11.1 Å². The molecule has 1 aromatic heterocycles. The van der Waals surface area contributed by atoms with Gasteiger partial charge in [0.1, 0.15) is 6.10 Å². The molecule has 0 radical (unpaired) electrons. The lowest BCUT2D eigenvalue weighted by molar-refractivity contribution is 0.161. The fourth-order valence-electron chi connectivity index (χ4n) is 2.21. The van der Waals surface area contributed by atoms with E-state index in [1.54, 1.807) is 6.20 Å². The van der Waals surface area contributed by atoms with Crippen LogP contribution in [-0.2, 0) is 0 Å². The molecule has 22 heavy (non-hydrogen) atoms. The van der Waals surface area contributed by atoms with Crippen molar-refractivity contribution >= 4 is 17.9 Å². The van der Waals surface area contributed by atoms with Crippen molar-refractivity contribution < 1.29 is 9.52 Å². The number of aliphatic hydroxyl groups is 1. The minimum atomic E-state index is -0.756. The molecule has 2 aromatic carbocycles. The summed E-state index contributed by atoms with van der Waals surface area (Å²) in [5.41, 5.74) is 3.22. The zero-order chi connectivity index (χ0) is 15.4. The highest BCUT2D eigenvalue weighted by Gasteiger charge is 2.11. The molecule has 5 heteroatoms. The van der Waals surface area contributed by atoms with Gasteiger partial charge in [-0.1, -0.05) is 42.5 Å². The number of aliphatic hydroxyl groups excluding tert-OH is 1. The van der Waals surface area contributed by atoms with Crippen molar-refractivity contribution in [1.29, 1.82) is 0 Å². The smallest absolute Gasteiger partial charge is 0.266 e. The van der Waals surface area contributed by atoms with Crippen LogP contribution in [0.1, 0.15) is 11.9 Å². The van der Waals surface area contributed by atoms with E-state index in [1.165, 1.54) is 0 Å². The van der Waals surface area contributed by atoms with Crippen LogP contribution in [0.15, 0.2) is 65.2 Å². The van der Waals surface area contributed by atoms with E-state index < -0.39 is 6.10 Å². The van der Waals surface area contributed by atoms with E-state index in [2.05, 4.69) is 34.6 Å². The van der Waals surface area contributed by atoms with Crippen LogP contribution in [0.4, 0.5) is 5.69 Å². The van der Waals surface area contributed by atoms with Gasteiger partial charge in [-0.05, 0) is 35.5 Å². The van der Waals surface area contributed by atoms with Crippen molar-refractivity contribution in [2.45, 2.75) is 6.10 Å². The fraction of sp³-hybridized carbons (Fsp3) is 0.118. The second kappa shape index (κ2) is 6.60. The lowest BCUT2D eigenvalue weighted by Crippen LogP contribution is -2.11. The van der Waals surface area contributed by atoms with E-state index >= 15 is 0 Å².